The molecule has 5 heteroatoms. The Morgan fingerprint density at radius 1 is 1.25 bits per heavy atom. The van der Waals surface area contributed by atoms with Crippen molar-refractivity contribution in [2.45, 2.75) is 12.1 Å². The van der Waals surface area contributed by atoms with Crippen LogP contribution in [0.25, 0.3) is 5.70 Å². The molecule has 0 aliphatic carbocycles. The van der Waals surface area contributed by atoms with Gasteiger partial charge in [-0.2, -0.15) is 0 Å². The molecule has 2 atom stereocenters. The Morgan fingerprint density at radius 2 is 2.08 bits per heavy atom. The largest absolute Gasteiger partial charge is 0.439 e. The van der Waals surface area contributed by atoms with Crippen molar-refractivity contribution in [3.8, 4) is 0 Å². The van der Waals surface area contributed by atoms with E-state index >= 15 is 0 Å². The Bertz CT molecular complexity index is 770. The Balaban J connectivity index is 1.84. The number of hydrogen-bond acceptors (Lipinski definition) is 4. The summed E-state index contributed by atoms with van der Waals surface area (Å²) in [5.74, 6) is 0. The van der Waals surface area contributed by atoms with Crippen molar-refractivity contribution in [2.75, 3.05) is 0 Å². The number of allylic oxidation sites excluding steroid dienone is 2. The molecule has 0 radical (unpaired) electrons. The summed E-state index contributed by atoms with van der Waals surface area (Å²) in [5.41, 5.74) is 2.55. The number of hydrogen-bond donors (Lipinski definition) is 1. The van der Waals surface area contributed by atoms with Gasteiger partial charge >= 0.3 is 6.09 Å². The van der Waals surface area contributed by atoms with E-state index in [9.17, 15) is 4.79 Å². The highest BCUT2D eigenvalue weighted by Gasteiger charge is 2.34. The summed E-state index contributed by atoms with van der Waals surface area (Å²) in [6.07, 6.45) is 7.64. The Labute approximate surface area is 140 Å². The second-order valence-electron chi connectivity index (χ2n) is 5.21. The van der Waals surface area contributed by atoms with Crippen molar-refractivity contribution in [1.29, 1.82) is 0 Å². The maximum absolute atomic E-state index is 11.6. The molecule has 1 N–H and O–H groups in total. The fourth-order valence-corrected chi connectivity index (χ4v) is 2.46. The zero-order chi connectivity index (χ0) is 16.8. The molecule has 3 rings (SSSR count). The topological polar surface area (TPSA) is 63.6 Å². The number of aromatic nitrogens is 1. The summed E-state index contributed by atoms with van der Waals surface area (Å²) < 4.78 is 5.34. The predicted molar refractivity (Wildman–Crippen MR) is 93.5 cm³/mol. The minimum absolute atomic E-state index is 0.362. The van der Waals surface area contributed by atoms with Crippen LogP contribution in [0.4, 0.5) is 4.79 Å². The van der Waals surface area contributed by atoms with Gasteiger partial charge in [-0.15, -0.1) is 0 Å². The van der Waals surface area contributed by atoms with Gasteiger partial charge in [-0.1, -0.05) is 49.1 Å². The first kappa shape index (κ1) is 15.7. The Kier molecular flexibility index (Phi) is 4.81. The number of benzene rings is 1. The Hall–Kier alpha value is -3.21. The molecule has 1 amide bonds. The van der Waals surface area contributed by atoms with Crippen LogP contribution in [0.5, 0.6) is 0 Å². The molecule has 1 aliphatic rings. The lowest BCUT2D eigenvalue weighted by atomic mass is 10.1. The van der Waals surface area contributed by atoms with E-state index < -0.39 is 12.2 Å². The lowest BCUT2D eigenvalue weighted by Gasteiger charge is -2.13. The van der Waals surface area contributed by atoms with Gasteiger partial charge in [-0.25, -0.2) is 4.79 Å². The van der Waals surface area contributed by atoms with E-state index in [1.54, 1.807) is 24.7 Å². The van der Waals surface area contributed by atoms with Crippen LogP contribution in [0.1, 0.15) is 17.2 Å². The van der Waals surface area contributed by atoms with Crippen LogP contribution in [0.15, 0.2) is 78.6 Å². The van der Waals surface area contributed by atoms with E-state index in [-0.39, 0.29) is 6.04 Å². The highest BCUT2D eigenvalue weighted by atomic mass is 16.6. The summed E-state index contributed by atoms with van der Waals surface area (Å²) in [6, 6.07) is 13.1. The molecule has 0 saturated carbocycles. The molecule has 5 nitrogen and oxygen atoms in total. The van der Waals surface area contributed by atoms with E-state index in [2.05, 4.69) is 21.9 Å². The van der Waals surface area contributed by atoms with Gasteiger partial charge in [0.25, 0.3) is 0 Å². The molecule has 1 aliphatic heterocycles. The standard InChI is InChI=1S/C19H17N3O2/c1-2-7-16(14-8-4-3-5-9-14)21-13-17-18(24-19(23)22-17)15-10-6-11-20-12-15/h2-13,17-18H,1H2,(H,22,23)/b16-7-,21-13+/t17-,18-/m1/s1. The summed E-state index contributed by atoms with van der Waals surface area (Å²) in [7, 11) is 0. The van der Waals surface area contributed by atoms with Gasteiger partial charge in [-0.05, 0) is 12.1 Å². The minimum atomic E-state index is -0.464. The SMILES string of the molecule is C=C/C=C(\N=C\[C@H]1NC(=O)O[C@@H]1c1cccnc1)c1ccccc1. The number of alkyl carbamates (subject to hydrolysis) is 1. The zero-order valence-electron chi connectivity index (χ0n) is 13.0. The molecular weight excluding hydrogens is 302 g/mol. The second-order valence-corrected chi connectivity index (χ2v) is 5.21. The van der Waals surface area contributed by atoms with Gasteiger partial charge in [0.2, 0.25) is 0 Å². The van der Waals surface area contributed by atoms with Crippen LogP contribution in [-0.4, -0.2) is 23.3 Å². The fourth-order valence-electron chi connectivity index (χ4n) is 2.46. The summed E-state index contributed by atoms with van der Waals surface area (Å²) in [6.45, 7) is 3.73. The molecule has 2 aromatic rings. The molecule has 0 unspecified atom stereocenters. The molecule has 1 saturated heterocycles. The van der Waals surface area contributed by atoms with Gasteiger partial charge in [-0.3, -0.25) is 9.98 Å². The van der Waals surface area contributed by atoms with Crippen molar-refractivity contribution in [3.05, 3.63) is 84.7 Å². The number of cyclic esters (lactones) is 1. The van der Waals surface area contributed by atoms with Crippen molar-refractivity contribution < 1.29 is 9.53 Å². The highest BCUT2D eigenvalue weighted by molar-refractivity contribution is 5.83. The first-order chi connectivity index (χ1) is 11.8. The number of carbonyl (C=O) groups is 1. The molecule has 1 aromatic carbocycles. The van der Waals surface area contributed by atoms with E-state index in [1.807, 2.05) is 48.5 Å². The number of carbonyl (C=O) groups excluding carboxylic acids is 1. The number of nitrogens with zero attached hydrogens (tertiary/aromatic N) is 2. The number of ether oxygens (including phenoxy) is 1. The van der Waals surface area contributed by atoms with Gasteiger partial charge in [0.15, 0.2) is 6.10 Å². The van der Waals surface area contributed by atoms with Crippen molar-refractivity contribution in [1.82, 2.24) is 10.3 Å². The molecule has 24 heavy (non-hydrogen) atoms. The van der Waals surface area contributed by atoms with Gasteiger partial charge < -0.3 is 10.1 Å². The first-order valence-corrected chi connectivity index (χ1v) is 7.57. The predicted octanol–water partition coefficient (Wildman–Crippen LogP) is 3.53. The molecule has 120 valence electrons. The summed E-state index contributed by atoms with van der Waals surface area (Å²) in [4.78, 5) is 20.2. The second kappa shape index (κ2) is 7.37. The van der Waals surface area contributed by atoms with Gasteiger partial charge in [0, 0.05) is 29.7 Å². The van der Waals surface area contributed by atoms with Crippen LogP contribution in [0.2, 0.25) is 0 Å². The molecule has 0 spiro atoms. The van der Waals surface area contributed by atoms with Crippen LogP contribution in [0.3, 0.4) is 0 Å². The van der Waals surface area contributed by atoms with Crippen LogP contribution < -0.4 is 5.32 Å². The monoisotopic (exact) mass is 319 g/mol. The average molecular weight is 319 g/mol. The lowest BCUT2D eigenvalue weighted by molar-refractivity contribution is 0.138. The van der Waals surface area contributed by atoms with E-state index in [1.165, 1.54) is 0 Å². The molecule has 1 aromatic heterocycles. The van der Waals surface area contributed by atoms with Gasteiger partial charge in [0.05, 0.1) is 5.70 Å². The smallest absolute Gasteiger partial charge is 0.408 e. The maximum Gasteiger partial charge on any atom is 0.408 e. The number of pyridine rings is 1. The number of rotatable bonds is 5. The molecule has 1 fully saturated rings. The first-order valence-electron chi connectivity index (χ1n) is 7.57. The van der Waals surface area contributed by atoms with Crippen molar-refractivity contribution in [2.24, 2.45) is 4.99 Å². The minimum Gasteiger partial charge on any atom is -0.439 e. The third-order valence-corrected chi connectivity index (χ3v) is 3.58. The normalized spacial score (nSPS) is 20.7. The van der Waals surface area contributed by atoms with Crippen molar-refractivity contribution >= 4 is 18.0 Å². The quantitative estimate of drug-likeness (QED) is 0.677. The fraction of sp³-hybridized carbons (Fsp3) is 0.105. The van der Waals surface area contributed by atoms with Gasteiger partial charge in [0.1, 0.15) is 6.04 Å². The number of nitrogens with one attached hydrogen (secondary N) is 1. The third-order valence-electron chi connectivity index (χ3n) is 3.58. The average Bonchev–Trinajstić information content (AvgIpc) is 3.01. The Morgan fingerprint density at radius 3 is 2.79 bits per heavy atom. The number of amides is 1. The molecular formula is C19H17N3O2. The van der Waals surface area contributed by atoms with Crippen molar-refractivity contribution in [3.63, 3.8) is 0 Å². The van der Waals surface area contributed by atoms with E-state index in [4.69, 9.17) is 4.74 Å². The third kappa shape index (κ3) is 3.57. The molecule has 2 heterocycles. The van der Waals surface area contributed by atoms with E-state index in [0.717, 1.165) is 16.8 Å². The van der Waals surface area contributed by atoms with Crippen LogP contribution in [0, 0.1) is 0 Å². The zero-order valence-corrected chi connectivity index (χ0v) is 13.0. The highest BCUT2D eigenvalue weighted by Crippen LogP contribution is 2.25. The van der Waals surface area contributed by atoms with Crippen LogP contribution >= 0.6 is 0 Å². The van der Waals surface area contributed by atoms with Crippen LogP contribution in [-0.2, 0) is 4.74 Å². The summed E-state index contributed by atoms with van der Waals surface area (Å²) >= 11 is 0. The summed E-state index contributed by atoms with van der Waals surface area (Å²) in [5, 5.41) is 2.76. The lowest BCUT2D eigenvalue weighted by Crippen LogP contribution is -2.29. The number of aliphatic imine (C=N–C) groups is 1. The molecule has 0 bridgehead atoms. The maximum atomic E-state index is 11.6. The van der Waals surface area contributed by atoms with E-state index in [0.29, 0.717) is 0 Å².